The zero-order chi connectivity index (χ0) is 12.3. The fourth-order valence-electron chi connectivity index (χ4n) is 1.59. The smallest absolute Gasteiger partial charge is 0.123 e. The fourth-order valence-corrected chi connectivity index (χ4v) is 2.56. The van der Waals surface area contributed by atoms with Gasteiger partial charge in [0.2, 0.25) is 0 Å². The highest BCUT2D eigenvalue weighted by atomic mass is 32.2. The lowest BCUT2D eigenvalue weighted by Crippen LogP contribution is -1.95. The molecule has 0 aliphatic carbocycles. The van der Waals surface area contributed by atoms with Crippen molar-refractivity contribution < 1.29 is 4.39 Å². The standard InChI is InChI=1S/C14H14FNS/c1-10-7-12(15)5-6-14(10)17-13-4-2-3-11(8-13)9-16/h2-8H,9,16H2,1H3. The predicted octanol–water partition coefficient (Wildman–Crippen LogP) is 3.74. The van der Waals surface area contributed by atoms with Gasteiger partial charge in [-0.05, 0) is 48.4 Å². The second kappa shape index (κ2) is 5.34. The molecule has 2 rings (SSSR count). The van der Waals surface area contributed by atoms with E-state index in [1.54, 1.807) is 17.8 Å². The van der Waals surface area contributed by atoms with Crippen molar-refractivity contribution >= 4 is 11.8 Å². The van der Waals surface area contributed by atoms with Gasteiger partial charge in [0.05, 0.1) is 0 Å². The monoisotopic (exact) mass is 247 g/mol. The summed E-state index contributed by atoms with van der Waals surface area (Å²) in [6.07, 6.45) is 0. The molecule has 0 saturated carbocycles. The lowest BCUT2D eigenvalue weighted by molar-refractivity contribution is 0.625. The quantitative estimate of drug-likeness (QED) is 0.894. The molecule has 0 unspecified atom stereocenters. The summed E-state index contributed by atoms with van der Waals surface area (Å²) >= 11 is 1.63. The van der Waals surface area contributed by atoms with Crippen LogP contribution in [0.3, 0.4) is 0 Å². The molecule has 0 radical (unpaired) electrons. The van der Waals surface area contributed by atoms with Crippen LogP contribution in [0.15, 0.2) is 52.3 Å². The van der Waals surface area contributed by atoms with Crippen molar-refractivity contribution in [1.82, 2.24) is 0 Å². The molecule has 3 heteroatoms. The number of aryl methyl sites for hydroxylation is 1. The van der Waals surface area contributed by atoms with Crippen LogP contribution in [0.1, 0.15) is 11.1 Å². The number of rotatable bonds is 3. The minimum Gasteiger partial charge on any atom is -0.326 e. The third kappa shape index (κ3) is 3.08. The highest BCUT2D eigenvalue weighted by molar-refractivity contribution is 7.99. The molecule has 0 bridgehead atoms. The maximum absolute atomic E-state index is 13.0. The Morgan fingerprint density at radius 2 is 2.00 bits per heavy atom. The lowest BCUT2D eigenvalue weighted by atomic mass is 10.2. The van der Waals surface area contributed by atoms with E-state index in [1.807, 2.05) is 31.2 Å². The Morgan fingerprint density at radius 3 is 2.71 bits per heavy atom. The summed E-state index contributed by atoms with van der Waals surface area (Å²) in [6.45, 7) is 2.45. The van der Waals surface area contributed by atoms with Gasteiger partial charge in [0.25, 0.3) is 0 Å². The molecule has 0 aromatic heterocycles. The summed E-state index contributed by atoms with van der Waals surface area (Å²) in [7, 11) is 0. The first kappa shape index (κ1) is 12.1. The molecule has 0 fully saturated rings. The van der Waals surface area contributed by atoms with E-state index in [2.05, 4.69) is 6.07 Å². The highest BCUT2D eigenvalue weighted by Crippen LogP contribution is 2.30. The van der Waals surface area contributed by atoms with E-state index < -0.39 is 0 Å². The van der Waals surface area contributed by atoms with Crippen LogP contribution < -0.4 is 5.73 Å². The first-order chi connectivity index (χ1) is 8.19. The molecule has 1 nitrogen and oxygen atoms in total. The maximum atomic E-state index is 13.0. The number of benzene rings is 2. The van der Waals surface area contributed by atoms with E-state index in [-0.39, 0.29) is 5.82 Å². The van der Waals surface area contributed by atoms with Gasteiger partial charge in [0.15, 0.2) is 0 Å². The van der Waals surface area contributed by atoms with E-state index in [4.69, 9.17) is 5.73 Å². The second-order valence-electron chi connectivity index (χ2n) is 3.86. The van der Waals surface area contributed by atoms with Crippen LogP contribution in [0.5, 0.6) is 0 Å². The van der Waals surface area contributed by atoms with Crippen molar-refractivity contribution in [3.63, 3.8) is 0 Å². The summed E-state index contributed by atoms with van der Waals surface area (Å²) in [5.74, 6) is -0.192. The summed E-state index contributed by atoms with van der Waals surface area (Å²) in [5.41, 5.74) is 7.66. The van der Waals surface area contributed by atoms with Crippen LogP contribution >= 0.6 is 11.8 Å². The van der Waals surface area contributed by atoms with E-state index in [1.165, 1.54) is 6.07 Å². The van der Waals surface area contributed by atoms with Crippen LogP contribution in [-0.4, -0.2) is 0 Å². The first-order valence-corrected chi connectivity index (χ1v) is 6.23. The Kier molecular flexibility index (Phi) is 3.82. The fraction of sp³-hybridized carbons (Fsp3) is 0.143. The second-order valence-corrected chi connectivity index (χ2v) is 4.98. The average molecular weight is 247 g/mol. The number of halogens is 1. The maximum Gasteiger partial charge on any atom is 0.123 e. The Labute approximate surface area is 105 Å². The topological polar surface area (TPSA) is 26.0 Å². The summed E-state index contributed by atoms with van der Waals surface area (Å²) in [6, 6.07) is 12.9. The molecule has 0 saturated heterocycles. The SMILES string of the molecule is Cc1cc(F)ccc1Sc1cccc(CN)c1. The van der Waals surface area contributed by atoms with Crippen LogP contribution in [0, 0.1) is 12.7 Å². The van der Waals surface area contributed by atoms with Gasteiger partial charge in [0, 0.05) is 16.3 Å². The molecule has 2 N–H and O–H groups in total. The normalized spacial score (nSPS) is 10.5. The highest BCUT2D eigenvalue weighted by Gasteiger charge is 2.03. The van der Waals surface area contributed by atoms with Gasteiger partial charge in [0.1, 0.15) is 5.82 Å². The van der Waals surface area contributed by atoms with Gasteiger partial charge in [-0.2, -0.15) is 0 Å². The molecule has 0 atom stereocenters. The number of nitrogens with two attached hydrogens (primary N) is 1. The molecule has 0 amide bonds. The Bertz CT molecular complexity index is 525. The van der Waals surface area contributed by atoms with E-state index >= 15 is 0 Å². The van der Waals surface area contributed by atoms with Crippen LogP contribution in [-0.2, 0) is 6.54 Å². The summed E-state index contributed by atoms with van der Waals surface area (Å²) in [4.78, 5) is 2.20. The zero-order valence-electron chi connectivity index (χ0n) is 9.61. The van der Waals surface area contributed by atoms with Gasteiger partial charge in [-0.25, -0.2) is 4.39 Å². The largest absolute Gasteiger partial charge is 0.326 e. The predicted molar refractivity (Wildman–Crippen MR) is 69.6 cm³/mol. The summed E-state index contributed by atoms with van der Waals surface area (Å²) < 4.78 is 13.0. The Morgan fingerprint density at radius 1 is 1.18 bits per heavy atom. The Balaban J connectivity index is 2.25. The zero-order valence-corrected chi connectivity index (χ0v) is 10.4. The molecule has 0 spiro atoms. The van der Waals surface area contributed by atoms with E-state index in [0.717, 1.165) is 20.9 Å². The van der Waals surface area contributed by atoms with Crippen LogP contribution in [0.2, 0.25) is 0 Å². The van der Waals surface area contributed by atoms with Crippen molar-refractivity contribution in [2.45, 2.75) is 23.3 Å². The molecule has 2 aromatic rings. The summed E-state index contributed by atoms with van der Waals surface area (Å²) in [5, 5.41) is 0. The third-order valence-electron chi connectivity index (χ3n) is 2.50. The minimum absolute atomic E-state index is 0.192. The molecule has 2 aromatic carbocycles. The van der Waals surface area contributed by atoms with Crippen molar-refractivity contribution in [2.24, 2.45) is 5.73 Å². The molecule has 0 aliphatic heterocycles. The average Bonchev–Trinajstić information content (AvgIpc) is 2.33. The molecule has 0 aliphatic rings. The lowest BCUT2D eigenvalue weighted by Gasteiger charge is -2.06. The van der Waals surface area contributed by atoms with Gasteiger partial charge in [-0.1, -0.05) is 23.9 Å². The van der Waals surface area contributed by atoms with Crippen LogP contribution in [0.4, 0.5) is 4.39 Å². The number of hydrogen-bond acceptors (Lipinski definition) is 2. The molecule has 0 heterocycles. The van der Waals surface area contributed by atoms with Crippen molar-refractivity contribution in [2.75, 3.05) is 0 Å². The minimum atomic E-state index is -0.192. The van der Waals surface area contributed by atoms with E-state index in [9.17, 15) is 4.39 Å². The van der Waals surface area contributed by atoms with Gasteiger partial charge in [-0.3, -0.25) is 0 Å². The molecular weight excluding hydrogens is 233 g/mol. The molecule has 17 heavy (non-hydrogen) atoms. The number of hydrogen-bond donors (Lipinski definition) is 1. The Hall–Kier alpha value is -1.32. The molecular formula is C14H14FNS. The van der Waals surface area contributed by atoms with Gasteiger partial charge in [-0.15, -0.1) is 0 Å². The van der Waals surface area contributed by atoms with Crippen LogP contribution in [0.25, 0.3) is 0 Å². The van der Waals surface area contributed by atoms with Crippen molar-refractivity contribution in [3.05, 3.63) is 59.4 Å². The van der Waals surface area contributed by atoms with Crippen molar-refractivity contribution in [1.29, 1.82) is 0 Å². The van der Waals surface area contributed by atoms with Crippen molar-refractivity contribution in [3.8, 4) is 0 Å². The van der Waals surface area contributed by atoms with Gasteiger partial charge < -0.3 is 5.73 Å². The first-order valence-electron chi connectivity index (χ1n) is 5.42. The van der Waals surface area contributed by atoms with E-state index in [0.29, 0.717) is 6.54 Å². The van der Waals surface area contributed by atoms with Gasteiger partial charge >= 0.3 is 0 Å². The third-order valence-corrected chi connectivity index (χ3v) is 3.67. The molecule has 88 valence electrons.